The number of Topliss-reactive ketones (excluding diaryl/α,β-unsaturated/α-hetero) is 1. The quantitative estimate of drug-likeness (QED) is 0.170. The van der Waals surface area contributed by atoms with Gasteiger partial charge in [0, 0.05) is 41.4 Å². The van der Waals surface area contributed by atoms with E-state index in [-0.39, 0.29) is 54.5 Å². The van der Waals surface area contributed by atoms with Crippen LogP contribution in [-0.2, 0) is 13.1 Å². The Balaban J connectivity index is 1.41. The van der Waals surface area contributed by atoms with Gasteiger partial charge < -0.3 is 9.64 Å². The average Bonchev–Trinajstić information content (AvgIpc) is 3.68. The van der Waals surface area contributed by atoms with E-state index >= 15 is 0 Å². The summed E-state index contributed by atoms with van der Waals surface area (Å²) >= 11 is 9.69. The molecule has 9 nitrogen and oxygen atoms in total. The third-order valence-electron chi connectivity index (χ3n) is 8.29. The molecular formula is C34H31BrClN5O4. The van der Waals surface area contributed by atoms with Crippen LogP contribution in [0.4, 0.5) is 0 Å². The summed E-state index contributed by atoms with van der Waals surface area (Å²) in [6.45, 7) is 4.23. The number of fused-ring (bicyclic) bond motifs is 1. The van der Waals surface area contributed by atoms with Crippen LogP contribution >= 0.6 is 27.5 Å². The first-order chi connectivity index (χ1) is 21.7. The van der Waals surface area contributed by atoms with E-state index < -0.39 is 0 Å². The molecule has 0 unspecified atom stereocenters. The predicted molar refractivity (Wildman–Crippen MR) is 176 cm³/mol. The molecule has 6 rings (SSSR count). The standard InChI is InChI=1S/C34H31BrClN5O4/c1-21(23-5-12-27(45-3)13-6-23)17-31(42)32-30-20-38(33(43)24-7-14-28(35)29(36)18-24)22(2)19-39(30)34(44)41(32)26-10-8-25(9-11-26)40-16-4-15-37-40/h4-16,18,21-22H,17,19-20H2,1-3H3/t21-,22+/m0/s1. The van der Waals surface area contributed by atoms with Gasteiger partial charge in [-0.1, -0.05) is 30.7 Å². The molecule has 3 aromatic carbocycles. The van der Waals surface area contributed by atoms with E-state index in [2.05, 4.69) is 21.0 Å². The number of hydrogen-bond donors (Lipinski definition) is 0. The predicted octanol–water partition coefficient (Wildman–Crippen LogP) is 6.67. The van der Waals surface area contributed by atoms with Gasteiger partial charge in [0.05, 0.1) is 35.7 Å². The van der Waals surface area contributed by atoms with Crippen molar-refractivity contribution in [3.63, 3.8) is 0 Å². The lowest BCUT2D eigenvalue weighted by molar-refractivity contribution is 0.0610. The van der Waals surface area contributed by atoms with E-state index in [0.717, 1.165) is 17.0 Å². The van der Waals surface area contributed by atoms with Crippen molar-refractivity contribution in [2.75, 3.05) is 7.11 Å². The zero-order chi connectivity index (χ0) is 31.8. The lowest BCUT2D eigenvalue weighted by Gasteiger charge is -2.34. The Morgan fingerprint density at radius 1 is 1.07 bits per heavy atom. The van der Waals surface area contributed by atoms with Crippen LogP contribution in [0.1, 0.15) is 58.3 Å². The van der Waals surface area contributed by atoms with Crippen molar-refractivity contribution < 1.29 is 14.3 Å². The number of aromatic nitrogens is 4. The van der Waals surface area contributed by atoms with Gasteiger partial charge in [-0.05, 0) is 95.0 Å². The van der Waals surface area contributed by atoms with E-state index in [1.165, 1.54) is 4.57 Å². The number of ketones is 1. The topological polar surface area (TPSA) is 91.4 Å². The van der Waals surface area contributed by atoms with Gasteiger partial charge in [0.25, 0.3) is 5.91 Å². The summed E-state index contributed by atoms with van der Waals surface area (Å²) in [5.74, 6) is 0.192. The number of rotatable bonds is 8. The highest BCUT2D eigenvalue weighted by molar-refractivity contribution is 9.10. The Kier molecular flexibility index (Phi) is 8.52. The number of imidazole rings is 1. The van der Waals surface area contributed by atoms with Crippen LogP contribution in [-0.4, -0.2) is 48.7 Å². The Hall–Kier alpha value is -4.41. The number of nitrogens with zero attached hydrogens (tertiary/aromatic N) is 5. The summed E-state index contributed by atoms with van der Waals surface area (Å²) in [7, 11) is 1.61. The number of hydrogen-bond acceptors (Lipinski definition) is 5. The maximum Gasteiger partial charge on any atom is 0.333 e. The number of methoxy groups -OCH3 is 1. The summed E-state index contributed by atoms with van der Waals surface area (Å²) < 4.78 is 10.8. The van der Waals surface area contributed by atoms with Crippen LogP contribution in [0.15, 0.2) is 94.5 Å². The van der Waals surface area contributed by atoms with Gasteiger partial charge in [0.15, 0.2) is 5.78 Å². The highest BCUT2D eigenvalue weighted by atomic mass is 79.9. The summed E-state index contributed by atoms with van der Waals surface area (Å²) in [6, 6.07) is 21.6. The number of amides is 1. The molecule has 0 radical (unpaired) electrons. The number of carbonyl (C=O) groups is 2. The molecule has 11 heteroatoms. The summed E-state index contributed by atoms with van der Waals surface area (Å²) in [5, 5.41) is 4.71. The van der Waals surface area contributed by atoms with Gasteiger partial charge in [-0.2, -0.15) is 5.10 Å². The van der Waals surface area contributed by atoms with Crippen molar-refractivity contribution in [2.45, 2.75) is 45.3 Å². The molecule has 2 aromatic heterocycles. The molecule has 0 aliphatic carbocycles. The van der Waals surface area contributed by atoms with E-state index in [1.54, 1.807) is 45.7 Å². The maximum atomic E-state index is 14.3. The molecule has 230 valence electrons. The van der Waals surface area contributed by atoms with Gasteiger partial charge in [-0.15, -0.1) is 0 Å². The number of benzene rings is 3. The molecular weight excluding hydrogens is 658 g/mol. The normalized spacial score (nSPS) is 15.0. The summed E-state index contributed by atoms with van der Waals surface area (Å²) in [4.78, 5) is 43.8. The van der Waals surface area contributed by atoms with Crippen LogP contribution in [0.2, 0.25) is 5.02 Å². The molecule has 1 aliphatic heterocycles. The third-order valence-corrected chi connectivity index (χ3v) is 9.52. The van der Waals surface area contributed by atoms with Crippen molar-refractivity contribution in [3.8, 4) is 17.1 Å². The molecule has 1 amide bonds. The molecule has 45 heavy (non-hydrogen) atoms. The Morgan fingerprint density at radius 2 is 1.78 bits per heavy atom. The Morgan fingerprint density at radius 3 is 2.42 bits per heavy atom. The van der Waals surface area contributed by atoms with Crippen LogP contribution < -0.4 is 10.4 Å². The maximum absolute atomic E-state index is 14.3. The number of halogens is 2. The molecule has 5 aromatic rings. The molecule has 3 heterocycles. The summed E-state index contributed by atoms with van der Waals surface area (Å²) in [5.41, 5.74) is 3.27. The van der Waals surface area contributed by atoms with Crippen LogP contribution in [0, 0.1) is 0 Å². The molecule has 0 saturated heterocycles. The van der Waals surface area contributed by atoms with Crippen molar-refractivity contribution >= 4 is 39.2 Å². The molecule has 2 atom stereocenters. The smallest absolute Gasteiger partial charge is 0.333 e. The van der Waals surface area contributed by atoms with Gasteiger partial charge in [-0.25, -0.2) is 9.48 Å². The molecule has 0 N–H and O–H groups in total. The zero-order valence-electron chi connectivity index (χ0n) is 25.0. The number of carbonyl (C=O) groups excluding carboxylic acids is 2. The molecule has 0 fully saturated rings. The Bertz CT molecular complexity index is 1930. The van der Waals surface area contributed by atoms with Gasteiger partial charge >= 0.3 is 5.69 Å². The first-order valence-corrected chi connectivity index (χ1v) is 15.7. The van der Waals surface area contributed by atoms with Crippen molar-refractivity contribution in [3.05, 3.63) is 128 Å². The molecule has 0 saturated carbocycles. The van der Waals surface area contributed by atoms with Crippen molar-refractivity contribution in [2.24, 2.45) is 0 Å². The van der Waals surface area contributed by atoms with Gasteiger partial charge in [0.2, 0.25) is 0 Å². The minimum Gasteiger partial charge on any atom is -0.497 e. The number of ether oxygens (including phenoxy) is 1. The van der Waals surface area contributed by atoms with E-state index in [0.29, 0.717) is 26.4 Å². The minimum absolute atomic E-state index is 0.0965. The van der Waals surface area contributed by atoms with E-state index in [4.69, 9.17) is 16.3 Å². The first-order valence-electron chi connectivity index (χ1n) is 14.5. The Labute approximate surface area is 273 Å². The van der Waals surface area contributed by atoms with E-state index in [1.807, 2.05) is 74.6 Å². The van der Waals surface area contributed by atoms with Crippen LogP contribution in [0.25, 0.3) is 11.4 Å². The summed E-state index contributed by atoms with van der Waals surface area (Å²) in [6.07, 6.45) is 3.69. The fourth-order valence-corrected chi connectivity index (χ4v) is 6.24. The van der Waals surface area contributed by atoms with E-state index in [9.17, 15) is 14.4 Å². The highest BCUT2D eigenvalue weighted by Crippen LogP contribution is 2.30. The van der Waals surface area contributed by atoms with Gasteiger partial charge in [0.1, 0.15) is 11.4 Å². The zero-order valence-corrected chi connectivity index (χ0v) is 27.3. The van der Waals surface area contributed by atoms with Crippen LogP contribution in [0.3, 0.4) is 0 Å². The molecule has 1 aliphatic rings. The fraction of sp³-hybridized carbons (Fsp3) is 0.235. The second-order valence-corrected chi connectivity index (χ2v) is 12.5. The lowest BCUT2D eigenvalue weighted by Crippen LogP contribution is -2.46. The fourth-order valence-electron chi connectivity index (χ4n) is 5.81. The third kappa shape index (κ3) is 5.87. The SMILES string of the molecule is COc1ccc([C@@H](C)CC(=O)c2c3n(c(=O)n2-c2ccc(-n4cccn4)cc2)C[C@@H](C)N(C(=O)c2ccc(Br)c(Cl)c2)C3)cc1. The van der Waals surface area contributed by atoms with Gasteiger partial charge in [-0.3, -0.25) is 18.7 Å². The highest BCUT2D eigenvalue weighted by Gasteiger charge is 2.35. The largest absolute Gasteiger partial charge is 0.497 e. The first kappa shape index (κ1) is 30.6. The average molecular weight is 689 g/mol. The second-order valence-electron chi connectivity index (χ2n) is 11.2. The lowest BCUT2D eigenvalue weighted by atomic mass is 9.94. The van der Waals surface area contributed by atoms with Crippen LogP contribution in [0.5, 0.6) is 5.75 Å². The molecule has 0 spiro atoms. The second kappa shape index (κ2) is 12.5. The molecule has 0 bridgehead atoms. The minimum atomic E-state index is -0.317. The monoisotopic (exact) mass is 687 g/mol. The van der Waals surface area contributed by atoms with Crippen molar-refractivity contribution in [1.82, 2.24) is 23.8 Å². The van der Waals surface area contributed by atoms with Crippen molar-refractivity contribution in [1.29, 1.82) is 0 Å².